The number of benzene rings is 1. The standard InChI is InChI=1S/C18H23FN4O4/c1-5-18(11-6-8-12(19)9-7-11)14(25)23(16(27)22-18)10-13(24)20-15(26)21-17(2,3)4/h6-9H,5,10H2,1-4H3,(H,22,27)(H2,20,21,24,26)/t18-/m0/s1. The predicted octanol–water partition coefficient (Wildman–Crippen LogP) is 1.61. The Morgan fingerprint density at radius 1 is 1.19 bits per heavy atom. The molecule has 1 heterocycles. The van der Waals surface area contributed by atoms with E-state index in [1.165, 1.54) is 24.3 Å². The van der Waals surface area contributed by atoms with Crippen molar-refractivity contribution in [3.63, 3.8) is 0 Å². The number of urea groups is 2. The molecule has 2 rings (SSSR count). The van der Waals surface area contributed by atoms with Crippen LogP contribution in [-0.4, -0.2) is 40.9 Å². The second kappa shape index (κ2) is 7.34. The van der Waals surface area contributed by atoms with Crippen LogP contribution in [0.2, 0.25) is 0 Å². The van der Waals surface area contributed by atoms with Crippen LogP contribution < -0.4 is 16.0 Å². The molecule has 3 N–H and O–H groups in total. The van der Waals surface area contributed by atoms with Gasteiger partial charge in [0, 0.05) is 5.54 Å². The summed E-state index contributed by atoms with van der Waals surface area (Å²) in [7, 11) is 0. The highest BCUT2D eigenvalue weighted by Gasteiger charge is 2.51. The molecule has 1 aliphatic rings. The van der Waals surface area contributed by atoms with Gasteiger partial charge in [-0.15, -0.1) is 0 Å². The fraction of sp³-hybridized carbons (Fsp3) is 0.444. The van der Waals surface area contributed by atoms with Crippen LogP contribution in [0.4, 0.5) is 14.0 Å². The van der Waals surface area contributed by atoms with Crippen molar-refractivity contribution in [1.29, 1.82) is 0 Å². The Hall–Kier alpha value is -2.97. The van der Waals surface area contributed by atoms with E-state index in [-0.39, 0.29) is 6.42 Å². The molecule has 1 aromatic carbocycles. The maximum absolute atomic E-state index is 13.2. The molecule has 0 bridgehead atoms. The van der Waals surface area contributed by atoms with E-state index in [1.54, 1.807) is 27.7 Å². The zero-order valence-corrected chi connectivity index (χ0v) is 15.7. The second-order valence-corrected chi connectivity index (χ2v) is 7.34. The number of halogens is 1. The van der Waals surface area contributed by atoms with E-state index in [0.717, 1.165) is 4.90 Å². The molecular weight excluding hydrogens is 355 g/mol. The number of carbonyl (C=O) groups is 4. The minimum Gasteiger partial charge on any atom is -0.333 e. The number of nitrogens with zero attached hydrogens (tertiary/aromatic N) is 1. The van der Waals surface area contributed by atoms with E-state index in [0.29, 0.717) is 5.56 Å². The van der Waals surface area contributed by atoms with Crippen LogP contribution in [0.3, 0.4) is 0 Å². The first kappa shape index (κ1) is 20.3. The average Bonchev–Trinajstić information content (AvgIpc) is 2.78. The van der Waals surface area contributed by atoms with Crippen molar-refractivity contribution < 1.29 is 23.6 Å². The Bertz CT molecular complexity index is 773. The van der Waals surface area contributed by atoms with Crippen LogP contribution in [-0.2, 0) is 15.1 Å². The molecule has 0 spiro atoms. The maximum atomic E-state index is 13.2. The summed E-state index contributed by atoms with van der Waals surface area (Å²) >= 11 is 0. The number of hydrogen-bond acceptors (Lipinski definition) is 4. The van der Waals surface area contributed by atoms with Gasteiger partial charge in [0.1, 0.15) is 17.9 Å². The first-order valence-electron chi connectivity index (χ1n) is 8.50. The number of rotatable bonds is 4. The Labute approximate surface area is 156 Å². The molecule has 27 heavy (non-hydrogen) atoms. The third-order valence-corrected chi connectivity index (χ3v) is 4.09. The van der Waals surface area contributed by atoms with Crippen LogP contribution >= 0.6 is 0 Å². The summed E-state index contributed by atoms with van der Waals surface area (Å²) < 4.78 is 13.2. The molecule has 8 nitrogen and oxygen atoms in total. The number of hydrogen-bond donors (Lipinski definition) is 3. The molecule has 1 aromatic rings. The second-order valence-electron chi connectivity index (χ2n) is 7.34. The smallest absolute Gasteiger partial charge is 0.325 e. The highest BCUT2D eigenvalue weighted by atomic mass is 19.1. The quantitative estimate of drug-likeness (QED) is 0.692. The van der Waals surface area contributed by atoms with Crippen LogP contribution in [0.5, 0.6) is 0 Å². The third kappa shape index (κ3) is 4.42. The number of imide groups is 2. The van der Waals surface area contributed by atoms with Gasteiger partial charge in [-0.05, 0) is 44.9 Å². The monoisotopic (exact) mass is 378 g/mol. The van der Waals surface area contributed by atoms with Gasteiger partial charge in [-0.25, -0.2) is 14.0 Å². The van der Waals surface area contributed by atoms with E-state index >= 15 is 0 Å². The van der Waals surface area contributed by atoms with E-state index in [4.69, 9.17) is 0 Å². The number of amides is 6. The van der Waals surface area contributed by atoms with Gasteiger partial charge in [0.25, 0.3) is 5.91 Å². The van der Waals surface area contributed by atoms with E-state index < -0.39 is 47.3 Å². The molecule has 9 heteroatoms. The zero-order valence-electron chi connectivity index (χ0n) is 15.7. The summed E-state index contributed by atoms with van der Waals surface area (Å²) in [6, 6.07) is 3.74. The van der Waals surface area contributed by atoms with Gasteiger partial charge in [0.15, 0.2) is 0 Å². The van der Waals surface area contributed by atoms with Crippen molar-refractivity contribution in [2.45, 2.75) is 45.2 Å². The fourth-order valence-electron chi connectivity index (χ4n) is 2.83. The zero-order chi connectivity index (χ0) is 20.4. The minimum atomic E-state index is -1.38. The molecule has 6 amide bonds. The molecule has 1 saturated heterocycles. The van der Waals surface area contributed by atoms with Crippen molar-refractivity contribution in [2.24, 2.45) is 0 Å². The van der Waals surface area contributed by atoms with Gasteiger partial charge in [-0.3, -0.25) is 19.8 Å². The Balaban J connectivity index is 2.14. The largest absolute Gasteiger partial charge is 0.333 e. The summed E-state index contributed by atoms with van der Waals surface area (Å²) in [5.41, 5.74) is -1.51. The van der Waals surface area contributed by atoms with Crippen molar-refractivity contribution >= 4 is 23.9 Å². The van der Waals surface area contributed by atoms with Gasteiger partial charge < -0.3 is 10.6 Å². The fourth-order valence-corrected chi connectivity index (χ4v) is 2.83. The maximum Gasteiger partial charge on any atom is 0.325 e. The summed E-state index contributed by atoms with van der Waals surface area (Å²) in [6.07, 6.45) is 0.214. The summed E-state index contributed by atoms with van der Waals surface area (Å²) in [6.45, 7) is 6.32. The van der Waals surface area contributed by atoms with Crippen molar-refractivity contribution in [1.82, 2.24) is 20.9 Å². The first-order valence-corrected chi connectivity index (χ1v) is 8.50. The average molecular weight is 378 g/mol. The van der Waals surface area contributed by atoms with Crippen molar-refractivity contribution in [2.75, 3.05) is 6.54 Å². The molecule has 1 aliphatic heterocycles. The minimum absolute atomic E-state index is 0.214. The highest BCUT2D eigenvalue weighted by Crippen LogP contribution is 2.32. The normalized spacial score (nSPS) is 19.7. The van der Waals surface area contributed by atoms with Crippen molar-refractivity contribution in [3.05, 3.63) is 35.6 Å². The molecular formula is C18H23FN4O4. The lowest BCUT2D eigenvalue weighted by Gasteiger charge is -2.25. The number of nitrogens with one attached hydrogen (secondary N) is 3. The topological polar surface area (TPSA) is 108 Å². The first-order chi connectivity index (χ1) is 12.5. The lowest BCUT2D eigenvalue weighted by molar-refractivity contribution is -0.135. The third-order valence-electron chi connectivity index (χ3n) is 4.09. The Kier molecular flexibility index (Phi) is 5.53. The van der Waals surface area contributed by atoms with Crippen LogP contribution in [0.1, 0.15) is 39.7 Å². The molecule has 0 aromatic heterocycles. The Morgan fingerprint density at radius 2 is 1.78 bits per heavy atom. The van der Waals surface area contributed by atoms with Crippen LogP contribution in [0.15, 0.2) is 24.3 Å². The van der Waals surface area contributed by atoms with E-state index in [1.807, 2.05) is 0 Å². The van der Waals surface area contributed by atoms with Gasteiger partial charge >= 0.3 is 12.1 Å². The van der Waals surface area contributed by atoms with Gasteiger partial charge in [0.05, 0.1) is 0 Å². The molecule has 0 saturated carbocycles. The highest BCUT2D eigenvalue weighted by molar-refractivity contribution is 6.10. The van der Waals surface area contributed by atoms with Gasteiger partial charge in [-0.2, -0.15) is 0 Å². The molecule has 0 radical (unpaired) electrons. The summed E-state index contributed by atoms with van der Waals surface area (Å²) in [5, 5.41) is 7.21. The summed E-state index contributed by atoms with van der Waals surface area (Å²) in [5.74, 6) is -1.90. The van der Waals surface area contributed by atoms with E-state index in [2.05, 4.69) is 16.0 Å². The summed E-state index contributed by atoms with van der Waals surface area (Å²) in [4.78, 5) is 49.7. The van der Waals surface area contributed by atoms with E-state index in [9.17, 15) is 23.6 Å². The molecule has 0 aliphatic carbocycles. The lowest BCUT2D eigenvalue weighted by atomic mass is 9.87. The predicted molar refractivity (Wildman–Crippen MR) is 95.0 cm³/mol. The molecule has 146 valence electrons. The van der Waals surface area contributed by atoms with Crippen LogP contribution in [0.25, 0.3) is 0 Å². The van der Waals surface area contributed by atoms with Gasteiger partial charge in [-0.1, -0.05) is 19.1 Å². The SMILES string of the molecule is CC[C@@]1(c2ccc(F)cc2)NC(=O)N(CC(=O)NC(=O)NC(C)(C)C)C1=O. The number of carbonyl (C=O) groups excluding carboxylic acids is 4. The lowest BCUT2D eigenvalue weighted by Crippen LogP contribution is -2.51. The molecule has 1 fully saturated rings. The van der Waals surface area contributed by atoms with Crippen molar-refractivity contribution in [3.8, 4) is 0 Å². The molecule has 0 unspecified atom stereocenters. The van der Waals surface area contributed by atoms with Crippen LogP contribution in [0, 0.1) is 5.82 Å². The Morgan fingerprint density at radius 3 is 2.30 bits per heavy atom. The molecule has 1 atom stereocenters. The van der Waals surface area contributed by atoms with Gasteiger partial charge in [0.2, 0.25) is 5.91 Å².